The van der Waals surface area contributed by atoms with Crippen LogP contribution in [0.2, 0.25) is 0 Å². The Labute approximate surface area is 66.0 Å². The van der Waals surface area contributed by atoms with E-state index in [4.69, 9.17) is 5.73 Å². The van der Waals surface area contributed by atoms with E-state index in [0.29, 0.717) is 6.04 Å². The van der Waals surface area contributed by atoms with Crippen LogP contribution in [0.4, 0.5) is 0 Å². The summed E-state index contributed by atoms with van der Waals surface area (Å²) >= 11 is 0. The van der Waals surface area contributed by atoms with E-state index in [1.807, 2.05) is 13.8 Å². The van der Waals surface area contributed by atoms with Crippen molar-refractivity contribution in [1.29, 1.82) is 0 Å². The van der Waals surface area contributed by atoms with Gasteiger partial charge in [-0.05, 0) is 6.04 Å². The van der Waals surface area contributed by atoms with Gasteiger partial charge < -0.3 is 5.73 Å². The molecule has 1 heteroatoms. The molecule has 64 valence electrons. The topological polar surface area (TPSA) is 26.0 Å². The van der Waals surface area contributed by atoms with E-state index in [1.54, 1.807) is 0 Å². The Morgan fingerprint density at radius 1 is 1.00 bits per heavy atom. The number of rotatable bonds is 3. The Kier molecular flexibility index (Phi) is 14.8. The van der Waals surface area contributed by atoms with Crippen LogP contribution in [-0.4, -0.2) is 6.04 Å². The molecule has 0 aromatic rings. The normalized spacial score (nSPS) is 9.00. The number of unbranched alkanes of at least 4 members (excludes halogenated alkanes) is 3. The van der Waals surface area contributed by atoms with Crippen molar-refractivity contribution < 1.29 is 0 Å². The Morgan fingerprint density at radius 2 is 1.20 bits per heavy atom. The molecule has 0 rings (SSSR count). The van der Waals surface area contributed by atoms with E-state index in [-0.39, 0.29) is 0 Å². The second kappa shape index (κ2) is 11.7. The van der Waals surface area contributed by atoms with E-state index in [9.17, 15) is 0 Å². The molecule has 0 aliphatic rings. The first kappa shape index (κ1) is 12.6. The molecule has 0 amide bonds. The highest BCUT2D eigenvalue weighted by molar-refractivity contribution is 4.32. The fourth-order valence-electron chi connectivity index (χ4n) is 0.500. The molecule has 0 radical (unpaired) electrons. The second-order valence-electron chi connectivity index (χ2n) is 2.95. The van der Waals surface area contributed by atoms with Crippen molar-refractivity contribution in [2.24, 2.45) is 5.73 Å². The lowest BCUT2D eigenvalue weighted by molar-refractivity contribution is 0.702. The fourth-order valence-corrected chi connectivity index (χ4v) is 0.500. The molecular formula is C9H23N. The van der Waals surface area contributed by atoms with Gasteiger partial charge in [-0.15, -0.1) is 0 Å². The summed E-state index contributed by atoms with van der Waals surface area (Å²) in [6.07, 6.45) is 5.54. The molecule has 0 unspecified atom stereocenters. The molecule has 0 fully saturated rings. The lowest BCUT2D eigenvalue weighted by Gasteiger charge is -1.86. The molecule has 1 nitrogen and oxygen atoms in total. The van der Waals surface area contributed by atoms with E-state index in [1.165, 1.54) is 25.7 Å². The Hall–Kier alpha value is -0.0400. The zero-order chi connectivity index (χ0) is 8.41. The van der Waals surface area contributed by atoms with Gasteiger partial charge in [0.15, 0.2) is 0 Å². The predicted molar refractivity (Wildman–Crippen MR) is 49.1 cm³/mol. The minimum atomic E-state index is 0.333. The minimum absolute atomic E-state index is 0.333. The van der Waals surface area contributed by atoms with Gasteiger partial charge in [-0.1, -0.05) is 53.4 Å². The SMILES string of the molecule is CC(C)N.CCCCCC. The van der Waals surface area contributed by atoms with Crippen LogP contribution in [0, 0.1) is 0 Å². The maximum Gasteiger partial charge on any atom is -0.00179 e. The Bertz CT molecular complexity index is 35.2. The van der Waals surface area contributed by atoms with Gasteiger partial charge in [-0.2, -0.15) is 0 Å². The number of nitrogens with two attached hydrogens (primary N) is 1. The summed E-state index contributed by atoms with van der Waals surface area (Å²) in [7, 11) is 0. The molecule has 0 bridgehead atoms. The highest BCUT2D eigenvalue weighted by Gasteiger charge is 1.75. The molecule has 0 aliphatic carbocycles. The molecule has 0 atom stereocenters. The van der Waals surface area contributed by atoms with Crippen molar-refractivity contribution in [3.05, 3.63) is 0 Å². The molecule has 0 spiro atoms. The van der Waals surface area contributed by atoms with Crippen LogP contribution in [0.25, 0.3) is 0 Å². The van der Waals surface area contributed by atoms with Gasteiger partial charge in [0.05, 0.1) is 0 Å². The van der Waals surface area contributed by atoms with Crippen LogP contribution in [0.15, 0.2) is 0 Å². The highest BCUT2D eigenvalue weighted by Crippen LogP contribution is 1.95. The monoisotopic (exact) mass is 145 g/mol. The highest BCUT2D eigenvalue weighted by atomic mass is 14.6. The summed E-state index contributed by atoms with van der Waals surface area (Å²) in [5.41, 5.74) is 5.11. The molecule has 0 aromatic heterocycles. The van der Waals surface area contributed by atoms with Crippen molar-refractivity contribution in [2.45, 2.75) is 59.4 Å². The summed E-state index contributed by atoms with van der Waals surface area (Å²) in [5, 5.41) is 0. The predicted octanol–water partition coefficient (Wildman–Crippen LogP) is 2.94. The largest absolute Gasteiger partial charge is 0.328 e. The van der Waals surface area contributed by atoms with Gasteiger partial charge in [-0.25, -0.2) is 0 Å². The fraction of sp³-hybridized carbons (Fsp3) is 1.00. The first-order chi connectivity index (χ1) is 4.65. The van der Waals surface area contributed by atoms with Gasteiger partial charge in [0.2, 0.25) is 0 Å². The van der Waals surface area contributed by atoms with E-state index < -0.39 is 0 Å². The van der Waals surface area contributed by atoms with Crippen LogP contribution in [0.5, 0.6) is 0 Å². The average Bonchev–Trinajstić information content (AvgIpc) is 1.82. The standard InChI is InChI=1S/C6H14.C3H9N/c1-3-5-6-4-2;1-3(2)4/h3-6H2,1-2H3;3H,4H2,1-2H3. The van der Waals surface area contributed by atoms with Crippen LogP contribution in [0.3, 0.4) is 0 Å². The van der Waals surface area contributed by atoms with Crippen LogP contribution < -0.4 is 5.73 Å². The zero-order valence-electron chi connectivity index (χ0n) is 7.98. The summed E-state index contributed by atoms with van der Waals surface area (Å²) in [6, 6.07) is 0.333. The Balaban J connectivity index is 0. The lowest BCUT2D eigenvalue weighted by atomic mass is 10.2. The summed E-state index contributed by atoms with van der Waals surface area (Å²) in [4.78, 5) is 0. The van der Waals surface area contributed by atoms with Crippen molar-refractivity contribution >= 4 is 0 Å². The molecule has 0 heterocycles. The van der Waals surface area contributed by atoms with Crippen LogP contribution >= 0.6 is 0 Å². The third-order valence-electron chi connectivity index (χ3n) is 0.957. The molecule has 0 aromatic carbocycles. The zero-order valence-corrected chi connectivity index (χ0v) is 7.98. The van der Waals surface area contributed by atoms with Gasteiger partial charge in [0, 0.05) is 0 Å². The van der Waals surface area contributed by atoms with Gasteiger partial charge in [0.1, 0.15) is 0 Å². The molecule has 0 saturated carbocycles. The number of hydrogen-bond donors (Lipinski definition) is 1. The van der Waals surface area contributed by atoms with Gasteiger partial charge in [-0.3, -0.25) is 0 Å². The van der Waals surface area contributed by atoms with E-state index in [0.717, 1.165) is 0 Å². The smallest absolute Gasteiger partial charge is 0.00179 e. The third-order valence-corrected chi connectivity index (χ3v) is 0.957. The summed E-state index contributed by atoms with van der Waals surface area (Å²) in [6.45, 7) is 8.35. The first-order valence-electron chi connectivity index (χ1n) is 4.40. The molecule has 0 saturated heterocycles. The number of hydrogen-bond acceptors (Lipinski definition) is 1. The average molecular weight is 145 g/mol. The maximum absolute atomic E-state index is 5.11. The Morgan fingerprint density at radius 3 is 1.30 bits per heavy atom. The first-order valence-corrected chi connectivity index (χ1v) is 4.40. The van der Waals surface area contributed by atoms with E-state index >= 15 is 0 Å². The van der Waals surface area contributed by atoms with Crippen LogP contribution in [-0.2, 0) is 0 Å². The van der Waals surface area contributed by atoms with Gasteiger partial charge >= 0.3 is 0 Å². The van der Waals surface area contributed by atoms with Crippen molar-refractivity contribution in [3.8, 4) is 0 Å². The molecule has 0 aliphatic heterocycles. The quantitative estimate of drug-likeness (QED) is 0.607. The molecule has 2 N–H and O–H groups in total. The molecular weight excluding hydrogens is 122 g/mol. The summed E-state index contributed by atoms with van der Waals surface area (Å²) in [5.74, 6) is 0. The van der Waals surface area contributed by atoms with Crippen molar-refractivity contribution in [3.63, 3.8) is 0 Å². The van der Waals surface area contributed by atoms with Crippen molar-refractivity contribution in [1.82, 2.24) is 0 Å². The van der Waals surface area contributed by atoms with Crippen LogP contribution in [0.1, 0.15) is 53.4 Å². The minimum Gasteiger partial charge on any atom is -0.328 e. The van der Waals surface area contributed by atoms with E-state index in [2.05, 4.69) is 13.8 Å². The van der Waals surface area contributed by atoms with Gasteiger partial charge in [0.25, 0.3) is 0 Å². The van der Waals surface area contributed by atoms with Crippen molar-refractivity contribution in [2.75, 3.05) is 0 Å². The molecule has 10 heavy (non-hydrogen) atoms. The maximum atomic E-state index is 5.11. The third kappa shape index (κ3) is 44.0. The summed E-state index contributed by atoms with van der Waals surface area (Å²) < 4.78 is 0. The second-order valence-corrected chi connectivity index (χ2v) is 2.95. The lowest BCUT2D eigenvalue weighted by Crippen LogP contribution is -2.06.